The normalized spacial score (nSPS) is 13.2. The molecule has 3 heterocycles. The lowest BCUT2D eigenvalue weighted by atomic mass is 10.1. The minimum absolute atomic E-state index is 0.0582. The third-order valence-corrected chi connectivity index (χ3v) is 4.89. The van der Waals surface area contributed by atoms with Crippen LogP contribution in [0.15, 0.2) is 42.6 Å². The van der Waals surface area contributed by atoms with E-state index in [-0.39, 0.29) is 11.7 Å². The second-order valence-corrected chi connectivity index (χ2v) is 7.23. The number of nitrogens with zero attached hydrogens (tertiary/aromatic N) is 1. The first-order chi connectivity index (χ1) is 15.6. The number of carbonyl (C=O) groups excluding carboxylic acids is 1. The average Bonchev–Trinajstić information content (AvgIpc) is 3.19. The van der Waals surface area contributed by atoms with Gasteiger partial charge in [-0.2, -0.15) is 13.2 Å². The number of nitrogens with one attached hydrogen (secondary N) is 2. The molecule has 0 aliphatic carbocycles. The van der Waals surface area contributed by atoms with Crippen LogP contribution in [0.5, 0.6) is 0 Å². The van der Waals surface area contributed by atoms with E-state index in [1.807, 2.05) is 18.2 Å². The highest BCUT2D eigenvalue weighted by Gasteiger charge is 2.38. The highest BCUT2D eigenvalue weighted by Crippen LogP contribution is 2.25. The zero-order valence-electron chi connectivity index (χ0n) is 16.7. The van der Waals surface area contributed by atoms with Crippen molar-refractivity contribution in [2.24, 2.45) is 0 Å². The highest BCUT2D eigenvalue weighted by atomic mass is 35.5. The number of rotatable bonds is 3. The summed E-state index contributed by atoms with van der Waals surface area (Å²) in [6.45, 7) is 0.638. The zero-order valence-corrected chi connectivity index (χ0v) is 17.5. The first-order valence-electron chi connectivity index (χ1n) is 9.45. The topological polar surface area (TPSA) is 95.1 Å². The molecule has 0 fully saturated rings. The van der Waals surface area contributed by atoms with Crippen LogP contribution in [0.4, 0.5) is 17.6 Å². The molecule has 3 N–H and O–H groups in total. The molecule has 0 spiro atoms. The molecule has 11 heteroatoms. The Morgan fingerprint density at radius 2 is 1.91 bits per heavy atom. The average molecular weight is 482 g/mol. The number of aromatic amines is 1. The predicted molar refractivity (Wildman–Crippen MR) is 114 cm³/mol. The number of hydrogen-bond acceptors (Lipinski definition) is 3. The number of amides is 1. The van der Waals surface area contributed by atoms with E-state index in [9.17, 15) is 22.4 Å². The Kier molecular flexibility index (Phi) is 7.17. The van der Waals surface area contributed by atoms with Crippen molar-refractivity contribution in [3.05, 3.63) is 75.9 Å². The van der Waals surface area contributed by atoms with Gasteiger partial charge in [-0.3, -0.25) is 9.78 Å². The number of H-pyrrole nitrogens is 1. The molecule has 3 aromatic rings. The summed E-state index contributed by atoms with van der Waals surface area (Å²) in [5.41, 5.74) is 4.37. The van der Waals surface area contributed by atoms with E-state index in [2.05, 4.69) is 15.3 Å². The molecule has 172 valence electrons. The maximum Gasteiger partial charge on any atom is 0.490 e. The molecule has 1 aliphatic rings. The molecule has 0 saturated heterocycles. The van der Waals surface area contributed by atoms with Crippen LogP contribution >= 0.6 is 11.6 Å². The Bertz CT molecular complexity index is 1200. The van der Waals surface area contributed by atoms with Gasteiger partial charge in [-0.15, -0.1) is 0 Å². The van der Waals surface area contributed by atoms with Gasteiger partial charge in [0.1, 0.15) is 5.82 Å². The minimum atomic E-state index is -5.08. The van der Waals surface area contributed by atoms with Crippen LogP contribution in [0.2, 0.25) is 5.02 Å². The number of carbonyl (C=O) groups is 2. The maximum atomic E-state index is 13.9. The number of hydrogen-bond donors (Lipinski definition) is 3. The van der Waals surface area contributed by atoms with Gasteiger partial charge in [0.25, 0.3) is 5.91 Å². The van der Waals surface area contributed by atoms with E-state index in [4.69, 9.17) is 21.5 Å². The molecule has 4 rings (SSSR count). The van der Waals surface area contributed by atoms with E-state index in [0.717, 1.165) is 23.4 Å². The molecule has 33 heavy (non-hydrogen) atoms. The van der Waals surface area contributed by atoms with Gasteiger partial charge in [-0.25, -0.2) is 9.18 Å². The molecule has 1 aromatic carbocycles. The van der Waals surface area contributed by atoms with Gasteiger partial charge in [0.2, 0.25) is 0 Å². The van der Waals surface area contributed by atoms with Crippen molar-refractivity contribution in [1.29, 1.82) is 0 Å². The number of alkyl halides is 3. The quantitative estimate of drug-likeness (QED) is 0.461. The molecule has 1 amide bonds. The van der Waals surface area contributed by atoms with Crippen molar-refractivity contribution in [2.75, 3.05) is 6.54 Å². The summed E-state index contributed by atoms with van der Waals surface area (Å²) in [7, 11) is 0. The van der Waals surface area contributed by atoms with Crippen molar-refractivity contribution in [1.82, 2.24) is 15.3 Å². The molecule has 0 atom stereocenters. The standard InChI is InChI=1S/C20H15ClFN3O.C2HF3O2/c21-16-2-1-3-17(22)14(16)5-4-13-10-12(6-8-23-13)19-11-15-18(25-19)7-9-24-20(15)26;3-2(4,5)1(6)7/h1-6,8,10-11,25H,7,9H2,(H,24,26);(H,6,7)/b5-4+;. The zero-order chi connectivity index (χ0) is 24.2. The van der Waals surface area contributed by atoms with Crippen LogP contribution in [-0.2, 0) is 11.2 Å². The molecule has 1 aliphatic heterocycles. The Morgan fingerprint density at radius 3 is 2.55 bits per heavy atom. The van der Waals surface area contributed by atoms with Gasteiger partial charge < -0.3 is 15.4 Å². The maximum absolute atomic E-state index is 13.9. The van der Waals surface area contributed by atoms with Gasteiger partial charge in [0.05, 0.1) is 16.3 Å². The third kappa shape index (κ3) is 5.98. The lowest BCUT2D eigenvalue weighted by Gasteiger charge is -2.10. The number of fused-ring (bicyclic) bond motifs is 1. The van der Waals surface area contributed by atoms with Crippen LogP contribution in [0, 0.1) is 5.82 Å². The predicted octanol–water partition coefficient (Wildman–Crippen LogP) is 4.96. The van der Waals surface area contributed by atoms with E-state index >= 15 is 0 Å². The third-order valence-electron chi connectivity index (χ3n) is 4.56. The van der Waals surface area contributed by atoms with Crippen LogP contribution in [-0.4, -0.2) is 39.7 Å². The number of benzene rings is 1. The second kappa shape index (κ2) is 9.86. The summed E-state index contributed by atoms with van der Waals surface area (Å²) in [4.78, 5) is 28.4. The fourth-order valence-corrected chi connectivity index (χ4v) is 3.22. The summed E-state index contributed by atoms with van der Waals surface area (Å²) >= 11 is 6.04. The Morgan fingerprint density at radius 1 is 1.18 bits per heavy atom. The monoisotopic (exact) mass is 481 g/mol. The lowest BCUT2D eigenvalue weighted by molar-refractivity contribution is -0.192. The van der Waals surface area contributed by atoms with Crippen LogP contribution in [0.1, 0.15) is 27.3 Å². The number of halogens is 5. The lowest BCUT2D eigenvalue weighted by Crippen LogP contribution is -2.31. The van der Waals surface area contributed by atoms with Crippen molar-refractivity contribution < 1.29 is 32.3 Å². The molecule has 0 radical (unpaired) electrons. The first kappa shape index (κ1) is 24.0. The van der Waals surface area contributed by atoms with E-state index in [1.54, 1.807) is 30.5 Å². The Hall–Kier alpha value is -3.66. The summed E-state index contributed by atoms with van der Waals surface area (Å²) in [5, 5.41) is 10.3. The molecule has 2 aromatic heterocycles. The number of carboxylic acids is 1. The Labute approximate surface area is 189 Å². The van der Waals surface area contributed by atoms with Crippen LogP contribution in [0.25, 0.3) is 23.4 Å². The van der Waals surface area contributed by atoms with Gasteiger partial charge in [-0.05, 0) is 42.5 Å². The van der Waals surface area contributed by atoms with Crippen molar-refractivity contribution in [3.63, 3.8) is 0 Å². The Balaban J connectivity index is 0.000000383. The molecule has 0 bridgehead atoms. The first-order valence-corrected chi connectivity index (χ1v) is 9.83. The van der Waals surface area contributed by atoms with Gasteiger partial charge in [0.15, 0.2) is 0 Å². The number of aliphatic carboxylic acids is 1. The van der Waals surface area contributed by atoms with E-state index < -0.39 is 12.1 Å². The fraction of sp³-hybridized carbons (Fsp3) is 0.136. The van der Waals surface area contributed by atoms with Crippen molar-refractivity contribution in [2.45, 2.75) is 12.6 Å². The summed E-state index contributed by atoms with van der Waals surface area (Å²) in [5.74, 6) is -3.20. The van der Waals surface area contributed by atoms with Crippen molar-refractivity contribution >= 4 is 35.6 Å². The molecular weight excluding hydrogens is 466 g/mol. The van der Waals surface area contributed by atoms with Gasteiger partial charge in [-0.1, -0.05) is 17.7 Å². The highest BCUT2D eigenvalue weighted by molar-refractivity contribution is 6.32. The number of aromatic nitrogens is 2. The number of carboxylic acid groups (broad SMARTS) is 1. The smallest absolute Gasteiger partial charge is 0.475 e. The largest absolute Gasteiger partial charge is 0.490 e. The van der Waals surface area contributed by atoms with E-state index in [1.165, 1.54) is 6.07 Å². The van der Waals surface area contributed by atoms with Crippen molar-refractivity contribution in [3.8, 4) is 11.3 Å². The number of pyridine rings is 1. The van der Waals surface area contributed by atoms with Crippen LogP contribution in [0.3, 0.4) is 0 Å². The molecular formula is C22H16ClF4N3O3. The fourth-order valence-electron chi connectivity index (χ4n) is 2.99. The molecule has 0 unspecified atom stereocenters. The van der Waals surface area contributed by atoms with E-state index in [0.29, 0.717) is 28.4 Å². The summed E-state index contributed by atoms with van der Waals surface area (Å²) < 4.78 is 45.6. The molecule has 6 nitrogen and oxygen atoms in total. The van der Waals surface area contributed by atoms with Crippen LogP contribution < -0.4 is 5.32 Å². The second-order valence-electron chi connectivity index (χ2n) is 6.82. The summed E-state index contributed by atoms with van der Waals surface area (Å²) in [6, 6.07) is 10.2. The summed E-state index contributed by atoms with van der Waals surface area (Å²) in [6.07, 6.45) is 0.697. The minimum Gasteiger partial charge on any atom is -0.475 e. The molecule has 0 saturated carbocycles. The SMILES string of the molecule is O=C(O)C(F)(F)F.O=C1NCCc2[nH]c(-c3ccnc(/C=C/c4c(F)cccc4Cl)c3)cc21. The van der Waals surface area contributed by atoms with Gasteiger partial charge >= 0.3 is 12.1 Å². The van der Waals surface area contributed by atoms with Gasteiger partial charge in [0, 0.05) is 41.7 Å².